The minimum Gasteiger partial charge on any atom is -0.369 e. The molecule has 1 aliphatic rings. The van der Waals surface area contributed by atoms with Crippen LogP contribution in [-0.2, 0) is 11.2 Å². The van der Waals surface area contributed by atoms with E-state index in [9.17, 15) is 4.79 Å². The molecular formula is C17H25N5OS. The van der Waals surface area contributed by atoms with E-state index in [0.29, 0.717) is 0 Å². The zero-order valence-corrected chi connectivity index (χ0v) is 15.2. The number of aryl methyl sites for hydroxylation is 1. The summed E-state index contributed by atoms with van der Waals surface area (Å²) in [6.45, 7) is 8.31. The van der Waals surface area contributed by atoms with Crippen LogP contribution in [0.5, 0.6) is 0 Å². The van der Waals surface area contributed by atoms with E-state index in [1.54, 1.807) is 16.2 Å². The van der Waals surface area contributed by atoms with Crippen molar-refractivity contribution in [1.82, 2.24) is 14.9 Å². The van der Waals surface area contributed by atoms with Crippen molar-refractivity contribution in [2.75, 3.05) is 42.9 Å². The lowest BCUT2D eigenvalue weighted by Crippen LogP contribution is -2.46. The van der Waals surface area contributed by atoms with Gasteiger partial charge in [-0.05, 0) is 18.9 Å². The number of hydrogen-bond donors (Lipinski definition) is 1. The van der Waals surface area contributed by atoms with Crippen molar-refractivity contribution in [3.63, 3.8) is 0 Å². The molecule has 7 heteroatoms. The molecule has 0 bridgehead atoms. The number of unbranched alkanes of at least 4 members (excludes halogenated alkanes) is 1. The maximum Gasteiger partial charge on any atom is 0.228 e. The molecule has 0 aliphatic carbocycles. The molecule has 1 amide bonds. The Kier molecular flexibility index (Phi) is 5.50. The fourth-order valence-corrected chi connectivity index (χ4v) is 3.78. The highest BCUT2D eigenvalue weighted by Gasteiger charge is 2.20. The van der Waals surface area contributed by atoms with Gasteiger partial charge in [-0.15, -0.1) is 11.3 Å². The number of rotatable bonds is 7. The van der Waals surface area contributed by atoms with Gasteiger partial charge in [0.15, 0.2) is 0 Å². The summed E-state index contributed by atoms with van der Waals surface area (Å²) in [6, 6.07) is 2.21. The highest BCUT2D eigenvalue weighted by Crippen LogP contribution is 2.31. The number of carbonyl (C=O) groups is 1. The number of nitrogens with zero attached hydrogens (tertiary/aromatic N) is 4. The van der Waals surface area contributed by atoms with E-state index in [0.717, 1.165) is 80.4 Å². The smallest absolute Gasteiger partial charge is 0.228 e. The molecule has 24 heavy (non-hydrogen) atoms. The lowest BCUT2D eigenvalue weighted by molar-refractivity contribution is -0.118. The molecule has 1 N–H and O–H groups in total. The van der Waals surface area contributed by atoms with E-state index in [1.807, 2.05) is 0 Å². The maximum atomic E-state index is 10.9. The normalized spacial score (nSPS) is 15.1. The Balaban J connectivity index is 1.88. The van der Waals surface area contributed by atoms with Crippen LogP contribution >= 0.6 is 11.3 Å². The Bertz CT molecular complexity index is 694. The van der Waals surface area contributed by atoms with Crippen LogP contribution in [0.25, 0.3) is 10.2 Å². The van der Waals surface area contributed by atoms with Crippen LogP contribution in [0.3, 0.4) is 0 Å². The molecule has 3 rings (SSSR count). The van der Waals surface area contributed by atoms with Crippen molar-refractivity contribution >= 4 is 39.7 Å². The third kappa shape index (κ3) is 3.61. The lowest BCUT2D eigenvalue weighted by atomic mass is 10.3. The number of anilines is 2. The van der Waals surface area contributed by atoms with Crippen LogP contribution in [0.15, 0.2) is 6.07 Å². The van der Waals surface area contributed by atoms with Gasteiger partial charge < -0.3 is 15.1 Å². The molecular weight excluding hydrogens is 322 g/mol. The topological polar surface area (TPSA) is 61.4 Å². The van der Waals surface area contributed by atoms with Crippen LogP contribution in [0.1, 0.15) is 31.6 Å². The summed E-state index contributed by atoms with van der Waals surface area (Å²) in [4.78, 5) is 26.8. The van der Waals surface area contributed by atoms with E-state index in [2.05, 4.69) is 30.1 Å². The minimum absolute atomic E-state index is 0.730. The van der Waals surface area contributed by atoms with Crippen LogP contribution in [0.2, 0.25) is 0 Å². The Labute approximate surface area is 146 Å². The van der Waals surface area contributed by atoms with Crippen molar-refractivity contribution in [1.29, 1.82) is 0 Å². The lowest BCUT2D eigenvalue weighted by Gasteiger charge is -2.32. The van der Waals surface area contributed by atoms with Gasteiger partial charge in [0.1, 0.15) is 10.6 Å². The monoisotopic (exact) mass is 347 g/mol. The van der Waals surface area contributed by atoms with E-state index in [-0.39, 0.29) is 0 Å². The predicted molar refractivity (Wildman–Crippen MR) is 100 cm³/mol. The second-order valence-corrected chi connectivity index (χ2v) is 7.18. The quantitative estimate of drug-likeness (QED) is 0.616. The number of nitrogens with one attached hydrogen (secondary N) is 1. The van der Waals surface area contributed by atoms with Crippen LogP contribution in [0, 0.1) is 0 Å². The van der Waals surface area contributed by atoms with Gasteiger partial charge in [0.2, 0.25) is 12.4 Å². The van der Waals surface area contributed by atoms with Crippen molar-refractivity contribution < 1.29 is 4.79 Å². The van der Waals surface area contributed by atoms with Gasteiger partial charge in [0, 0.05) is 37.6 Å². The standard InChI is InChI=1S/C17H25N5OS/c1-3-5-6-18-15-14-11-13(4-2)24-16(14)20-17(19-15)22-9-7-21(12-23)8-10-22/h11-12H,3-10H2,1-2H3,(H,18,19,20). The fraction of sp³-hybridized carbons (Fsp3) is 0.588. The second kappa shape index (κ2) is 7.79. The third-order valence-electron chi connectivity index (χ3n) is 4.35. The van der Waals surface area contributed by atoms with Crippen molar-refractivity contribution in [3.05, 3.63) is 10.9 Å². The Morgan fingerprint density at radius 2 is 2.04 bits per heavy atom. The number of hydrogen-bond acceptors (Lipinski definition) is 6. The summed E-state index contributed by atoms with van der Waals surface area (Å²) < 4.78 is 0. The Morgan fingerprint density at radius 3 is 2.71 bits per heavy atom. The van der Waals surface area contributed by atoms with E-state index in [1.165, 1.54) is 4.88 Å². The second-order valence-electron chi connectivity index (χ2n) is 6.07. The molecule has 0 spiro atoms. The molecule has 130 valence electrons. The van der Waals surface area contributed by atoms with Gasteiger partial charge in [-0.1, -0.05) is 20.3 Å². The van der Waals surface area contributed by atoms with Crippen LogP contribution < -0.4 is 10.2 Å². The van der Waals surface area contributed by atoms with Gasteiger partial charge in [0.25, 0.3) is 0 Å². The molecule has 0 unspecified atom stereocenters. The number of thiophene rings is 1. The number of fused-ring (bicyclic) bond motifs is 1. The largest absolute Gasteiger partial charge is 0.369 e. The first-order valence-corrected chi connectivity index (χ1v) is 9.55. The summed E-state index contributed by atoms with van der Waals surface area (Å²) in [5.74, 6) is 1.72. The van der Waals surface area contributed by atoms with Crippen molar-refractivity contribution in [3.8, 4) is 0 Å². The summed E-state index contributed by atoms with van der Waals surface area (Å²) in [6.07, 6.45) is 4.23. The minimum atomic E-state index is 0.730. The average molecular weight is 347 g/mol. The molecule has 1 aliphatic heterocycles. The first-order chi connectivity index (χ1) is 11.7. The molecule has 1 fully saturated rings. The van der Waals surface area contributed by atoms with E-state index in [4.69, 9.17) is 9.97 Å². The highest BCUT2D eigenvalue weighted by atomic mass is 32.1. The Morgan fingerprint density at radius 1 is 1.25 bits per heavy atom. The third-order valence-corrected chi connectivity index (χ3v) is 5.52. The summed E-state index contributed by atoms with van der Waals surface area (Å²) >= 11 is 1.75. The van der Waals surface area contributed by atoms with Crippen LogP contribution in [-0.4, -0.2) is 54.0 Å². The zero-order valence-electron chi connectivity index (χ0n) is 14.4. The SMILES string of the molecule is CCCCNc1nc(N2CCN(C=O)CC2)nc2sc(CC)cc12. The first-order valence-electron chi connectivity index (χ1n) is 8.73. The summed E-state index contributed by atoms with van der Waals surface area (Å²) in [5.41, 5.74) is 0. The van der Waals surface area contributed by atoms with Gasteiger partial charge >= 0.3 is 0 Å². The molecule has 2 aromatic rings. The summed E-state index contributed by atoms with van der Waals surface area (Å²) in [7, 11) is 0. The number of aromatic nitrogens is 2. The fourth-order valence-electron chi connectivity index (χ4n) is 2.82. The van der Waals surface area contributed by atoms with E-state index < -0.39 is 0 Å². The summed E-state index contributed by atoms with van der Waals surface area (Å²) in [5, 5.41) is 4.62. The number of amides is 1. The number of carbonyl (C=O) groups excluding carboxylic acids is 1. The molecule has 0 saturated carbocycles. The van der Waals surface area contributed by atoms with Crippen molar-refractivity contribution in [2.24, 2.45) is 0 Å². The van der Waals surface area contributed by atoms with Gasteiger partial charge in [-0.2, -0.15) is 4.98 Å². The van der Waals surface area contributed by atoms with E-state index >= 15 is 0 Å². The Hall–Kier alpha value is -1.89. The average Bonchev–Trinajstić information content (AvgIpc) is 3.05. The molecule has 1 saturated heterocycles. The van der Waals surface area contributed by atoms with Gasteiger partial charge in [0.05, 0.1) is 5.39 Å². The predicted octanol–water partition coefficient (Wildman–Crippen LogP) is 2.74. The first kappa shape index (κ1) is 17.0. The molecule has 0 radical (unpaired) electrons. The zero-order chi connectivity index (χ0) is 16.9. The maximum absolute atomic E-state index is 10.9. The number of piperazine rings is 1. The molecule has 0 atom stereocenters. The molecule has 2 aromatic heterocycles. The molecule has 0 aromatic carbocycles. The van der Waals surface area contributed by atoms with Gasteiger partial charge in [-0.3, -0.25) is 4.79 Å². The van der Waals surface area contributed by atoms with Crippen molar-refractivity contribution in [2.45, 2.75) is 33.1 Å². The van der Waals surface area contributed by atoms with Gasteiger partial charge in [-0.25, -0.2) is 4.98 Å². The molecule has 6 nitrogen and oxygen atoms in total. The van der Waals surface area contributed by atoms with Crippen LogP contribution in [0.4, 0.5) is 11.8 Å². The molecule has 3 heterocycles. The highest BCUT2D eigenvalue weighted by molar-refractivity contribution is 7.18.